The Labute approximate surface area is 316 Å². The fourth-order valence-electron chi connectivity index (χ4n) is 5.71. The van der Waals surface area contributed by atoms with Gasteiger partial charge in [0.25, 0.3) is 0 Å². The van der Waals surface area contributed by atoms with Crippen molar-refractivity contribution in [3.8, 4) is 0 Å². The summed E-state index contributed by atoms with van der Waals surface area (Å²) in [6, 6.07) is -8.61. The third-order valence-electron chi connectivity index (χ3n) is 9.16. The van der Waals surface area contributed by atoms with Crippen molar-refractivity contribution in [1.82, 2.24) is 31.5 Å². The molecule has 0 aromatic carbocycles. The Kier molecular flexibility index (Phi) is 20.5. The number of aliphatic carboxylic acids is 1. The Balaban J connectivity index is 3.14. The van der Waals surface area contributed by atoms with Crippen LogP contribution in [0.4, 0.5) is 0 Å². The number of carboxylic acids is 1. The molecule has 1 aliphatic heterocycles. The molecule has 1 fully saturated rings. The van der Waals surface area contributed by atoms with Crippen molar-refractivity contribution in [3.63, 3.8) is 0 Å². The lowest BCUT2D eigenvalue weighted by molar-refractivity contribution is -0.143. The van der Waals surface area contributed by atoms with Crippen molar-refractivity contribution >= 4 is 47.4 Å². The normalized spacial score (nSPS) is 18.0. The predicted molar refractivity (Wildman–Crippen MR) is 198 cm³/mol. The summed E-state index contributed by atoms with van der Waals surface area (Å²) < 4.78 is 0. The molecule has 0 unspecified atom stereocenters. The molecular formula is C34H62N10O10. The number of likely N-dealkylation sites (tertiary alicyclic amines) is 1. The minimum atomic E-state index is -1.65. The first kappa shape index (κ1) is 47.5. The van der Waals surface area contributed by atoms with Crippen molar-refractivity contribution in [3.05, 3.63) is 0 Å². The highest BCUT2D eigenvalue weighted by molar-refractivity contribution is 5.97. The fraction of sp³-hybridized carbons (Fsp3) is 0.765. The van der Waals surface area contributed by atoms with E-state index >= 15 is 0 Å². The van der Waals surface area contributed by atoms with Crippen LogP contribution in [0, 0.1) is 17.8 Å². The van der Waals surface area contributed by atoms with Gasteiger partial charge in [-0.3, -0.25) is 33.8 Å². The number of guanidine groups is 1. The third kappa shape index (κ3) is 15.1. The van der Waals surface area contributed by atoms with Crippen LogP contribution in [0.2, 0.25) is 0 Å². The highest BCUT2D eigenvalue weighted by atomic mass is 16.4. The lowest BCUT2D eigenvalue weighted by atomic mass is 9.98. The van der Waals surface area contributed by atoms with E-state index in [2.05, 4.69) is 31.6 Å². The van der Waals surface area contributed by atoms with Crippen LogP contribution in [0.1, 0.15) is 80.1 Å². The average molecular weight is 771 g/mol. The molecule has 1 saturated heterocycles. The molecular weight excluding hydrogens is 708 g/mol. The summed E-state index contributed by atoms with van der Waals surface area (Å²) in [6.45, 7) is 9.26. The van der Waals surface area contributed by atoms with Crippen LogP contribution < -0.4 is 43.8 Å². The van der Waals surface area contributed by atoms with Gasteiger partial charge in [-0.15, -0.1) is 0 Å². The molecule has 0 spiro atoms. The zero-order valence-electron chi connectivity index (χ0n) is 32.2. The molecule has 0 bridgehead atoms. The van der Waals surface area contributed by atoms with Crippen molar-refractivity contribution in [2.75, 3.05) is 26.3 Å². The van der Waals surface area contributed by atoms with Gasteiger partial charge in [-0.25, -0.2) is 4.79 Å². The van der Waals surface area contributed by atoms with Gasteiger partial charge in [0.15, 0.2) is 5.96 Å². The highest BCUT2D eigenvalue weighted by Gasteiger charge is 2.39. The fourth-order valence-corrected chi connectivity index (χ4v) is 5.71. The molecule has 0 aromatic rings. The lowest BCUT2D eigenvalue weighted by Gasteiger charge is -2.31. The number of aliphatic hydroxyl groups excluding tert-OH is 2. The van der Waals surface area contributed by atoms with Gasteiger partial charge in [-0.2, -0.15) is 0 Å². The summed E-state index contributed by atoms with van der Waals surface area (Å²) in [5, 5.41) is 41.1. The van der Waals surface area contributed by atoms with E-state index in [-0.39, 0.29) is 49.5 Å². The van der Waals surface area contributed by atoms with E-state index in [1.807, 2.05) is 13.8 Å². The molecule has 1 rings (SSSR count). The van der Waals surface area contributed by atoms with Gasteiger partial charge in [-0.1, -0.05) is 48.0 Å². The Morgan fingerprint density at radius 3 is 1.85 bits per heavy atom. The number of nitrogens with zero attached hydrogens (tertiary/aromatic N) is 2. The van der Waals surface area contributed by atoms with E-state index in [1.54, 1.807) is 27.7 Å². The second-order valence-electron chi connectivity index (χ2n) is 14.4. The Bertz CT molecular complexity index is 1330. The van der Waals surface area contributed by atoms with Crippen LogP contribution in [0.3, 0.4) is 0 Å². The van der Waals surface area contributed by atoms with Crippen LogP contribution in [-0.2, 0) is 33.6 Å². The van der Waals surface area contributed by atoms with E-state index in [9.17, 15) is 48.9 Å². The lowest BCUT2D eigenvalue weighted by Crippen LogP contribution is -2.61. The standard InChI is InChI=1S/C34H62N10O10/c1-7-19(6)25(35)32(52)44-13-9-11-24(44)30(50)43-26(18(4)5)31(51)41-22(15-45)29(49)40-21(14-17(2)3)28(48)39-20(10-8-12-38-34(36)37)27(47)42-23(16-46)33(53)54/h17-26,45-46H,7-16,35H2,1-6H3,(H,39,48)(H,40,49)(H,41,51)(H,42,47)(H,43,50)(H,53,54)(H4,36,37,38)/t19-,20-,21-,22-,23-,24-,25-,26-/m0/s1. The molecule has 1 heterocycles. The largest absolute Gasteiger partial charge is 0.480 e. The quantitative estimate of drug-likeness (QED) is 0.0275. The number of rotatable bonds is 23. The molecule has 54 heavy (non-hydrogen) atoms. The Hall–Kier alpha value is -4.56. The highest BCUT2D eigenvalue weighted by Crippen LogP contribution is 2.21. The summed E-state index contributed by atoms with van der Waals surface area (Å²) in [4.78, 5) is 96.6. The number of aliphatic hydroxyl groups is 2. The van der Waals surface area contributed by atoms with E-state index < -0.39 is 96.9 Å². The minimum Gasteiger partial charge on any atom is -0.480 e. The van der Waals surface area contributed by atoms with Gasteiger partial charge in [0.2, 0.25) is 35.4 Å². The Morgan fingerprint density at radius 2 is 1.33 bits per heavy atom. The predicted octanol–water partition coefficient (Wildman–Crippen LogP) is -3.40. The van der Waals surface area contributed by atoms with E-state index in [0.29, 0.717) is 25.8 Å². The maximum Gasteiger partial charge on any atom is 0.328 e. The van der Waals surface area contributed by atoms with Gasteiger partial charge in [0.05, 0.1) is 19.3 Å². The summed E-state index contributed by atoms with van der Waals surface area (Å²) >= 11 is 0. The monoisotopic (exact) mass is 770 g/mol. The number of amides is 6. The number of nitrogens with two attached hydrogens (primary N) is 3. The zero-order chi connectivity index (χ0) is 41.3. The third-order valence-corrected chi connectivity index (χ3v) is 9.16. The molecule has 6 amide bonds. The van der Waals surface area contributed by atoms with E-state index in [1.165, 1.54) is 4.90 Å². The number of nitrogens with one attached hydrogen (secondary N) is 5. The number of carbonyl (C=O) groups is 7. The van der Waals surface area contributed by atoms with Crippen LogP contribution in [0.5, 0.6) is 0 Å². The number of hydrogen-bond acceptors (Lipinski definition) is 11. The maximum absolute atomic E-state index is 13.5. The smallest absolute Gasteiger partial charge is 0.328 e. The zero-order valence-corrected chi connectivity index (χ0v) is 32.2. The van der Waals surface area contributed by atoms with Gasteiger partial charge >= 0.3 is 5.97 Å². The topological polar surface area (TPSA) is 334 Å². The molecule has 1 aliphatic rings. The molecule has 308 valence electrons. The number of hydrogen-bond donors (Lipinski definition) is 11. The van der Waals surface area contributed by atoms with E-state index in [0.717, 1.165) is 0 Å². The van der Waals surface area contributed by atoms with Gasteiger partial charge in [0.1, 0.15) is 36.3 Å². The van der Waals surface area contributed by atoms with Crippen LogP contribution in [0.25, 0.3) is 0 Å². The van der Waals surface area contributed by atoms with Gasteiger partial charge < -0.3 is 64.0 Å². The second kappa shape index (κ2) is 23.3. The summed E-state index contributed by atoms with van der Waals surface area (Å²) in [5.41, 5.74) is 16.9. The molecule has 20 heteroatoms. The summed E-state index contributed by atoms with van der Waals surface area (Å²) in [5.74, 6) is -6.85. The van der Waals surface area contributed by atoms with Gasteiger partial charge in [-0.05, 0) is 49.9 Å². The number of carbonyl (C=O) groups excluding carboxylic acids is 6. The maximum atomic E-state index is 13.5. The molecule has 0 aliphatic carbocycles. The second-order valence-corrected chi connectivity index (χ2v) is 14.4. The first-order chi connectivity index (χ1) is 25.3. The van der Waals surface area contributed by atoms with E-state index in [4.69, 9.17) is 17.2 Å². The molecule has 20 nitrogen and oxygen atoms in total. The van der Waals surface area contributed by atoms with Crippen LogP contribution in [0.15, 0.2) is 4.99 Å². The first-order valence-corrected chi connectivity index (χ1v) is 18.4. The van der Waals surface area contributed by atoms with Crippen LogP contribution >= 0.6 is 0 Å². The molecule has 0 saturated carbocycles. The Morgan fingerprint density at radius 1 is 0.796 bits per heavy atom. The van der Waals surface area contributed by atoms with Crippen molar-refractivity contribution in [2.45, 2.75) is 122 Å². The van der Waals surface area contributed by atoms with Gasteiger partial charge in [0, 0.05) is 13.1 Å². The van der Waals surface area contributed by atoms with Crippen molar-refractivity contribution < 1.29 is 48.9 Å². The molecule has 0 aromatic heterocycles. The van der Waals surface area contributed by atoms with Crippen LogP contribution in [-0.4, -0.2) is 136 Å². The summed E-state index contributed by atoms with van der Waals surface area (Å²) in [6.07, 6.45) is 1.81. The molecule has 8 atom stereocenters. The number of aliphatic imine (C=N–C) groups is 1. The number of carboxylic acid groups (broad SMARTS) is 1. The molecule has 14 N–H and O–H groups in total. The van der Waals surface area contributed by atoms with Crippen molar-refractivity contribution in [2.24, 2.45) is 39.9 Å². The first-order valence-electron chi connectivity index (χ1n) is 18.4. The molecule has 0 radical (unpaired) electrons. The van der Waals surface area contributed by atoms with Crippen molar-refractivity contribution in [1.29, 1.82) is 0 Å². The summed E-state index contributed by atoms with van der Waals surface area (Å²) in [7, 11) is 0. The minimum absolute atomic E-state index is 0.0520. The average Bonchev–Trinajstić information content (AvgIpc) is 3.61. The SMILES string of the molecule is CC[C@H](C)[C@H](N)C(=O)N1CCC[C@H]1C(=O)N[C@H](C(=O)N[C@@H](CO)C(=O)N[C@@H](CC(C)C)C(=O)N[C@@H](CCCN=C(N)N)C(=O)N[C@@H](CO)C(=O)O)C(C)C.